The average Bonchev–Trinajstić information content (AvgIpc) is 2.42. The Hall–Kier alpha value is -1.84. The number of nitriles is 2. The largest absolute Gasteiger partial charge is 0.299 e. The Morgan fingerprint density at radius 2 is 1.89 bits per heavy atom. The third-order valence-corrected chi connectivity index (χ3v) is 3.76. The van der Waals surface area contributed by atoms with Gasteiger partial charge in [0.05, 0.1) is 23.1 Å². The van der Waals surface area contributed by atoms with Crippen molar-refractivity contribution in [2.45, 2.75) is 26.3 Å². The molecule has 0 aromatic heterocycles. The van der Waals surface area contributed by atoms with E-state index in [1.807, 2.05) is 31.2 Å². The van der Waals surface area contributed by atoms with Crippen molar-refractivity contribution in [2.24, 2.45) is 5.41 Å². The van der Waals surface area contributed by atoms with Crippen LogP contribution < -0.4 is 0 Å². The van der Waals surface area contributed by atoms with Crippen molar-refractivity contribution < 1.29 is 0 Å². The summed E-state index contributed by atoms with van der Waals surface area (Å²) in [5.74, 6) is 0. The van der Waals surface area contributed by atoms with Crippen molar-refractivity contribution in [1.29, 1.82) is 10.5 Å². The average molecular weight is 239 g/mol. The molecule has 0 saturated carbocycles. The van der Waals surface area contributed by atoms with E-state index in [4.69, 9.17) is 10.5 Å². The first-order valence-electron chi connectivity index (χ1n) is 6.28. The molecule has 0 spiro atoms. The van der Waals surface area contributed by atoms with Gasteiger partial charge < -0.3 is 0 Å². The van der Waals surface area contributed by atoms with Crippen molar-refractivity contribution in [3.63, 3.8) is 0 Å². The molecular formula is C15H17N3. The van der Waals surface area contributed by atoms with E-state index in [9.17, 15) is 0 Å². The molecule has 1 saturated heterocycles. The fourth-order valence-corrected chi connectivity index (χ4v) is 2.32. The highest BCUT2D eigenvalue weighted by Gasteiger charge is 2.29. The van der Waals surface area contributed by atoms with E-state index in [-0.39, 0.29) is 5.41 Å². The van der Waals surface area contributed by atoms with Crippen LogP contribution in [0.1, 0.15) is 30.9 Å². The van der Waals surface area contributed by atoms with Gasteiger partial charge >= 0.3 is 0 Å². The molecule has 3 heteroatoms. The predicted octanol–water partition coefficient (Wildman–Crippen LogP) is 2.68. The van der Waals surface area contributed by atoms with Gasteiger partial charge in [-0.05, 0) is 44.5 Å². The topological polar surface area (TPSA) is 50.8 Å². The zero-order chi connectivity index (χ0) is 13.0. The van der Waals surface area contributed by atoms with Crippen LogP contribution in [0.2, 0.25) is 0 Å². The van der Waals surface area contributed by atoms with Crippen LogP contribution in [0.15, 0.2) is 24.3 Å². The van der Waals surface area contributed by atoms with Crippen molar-refractivity contribution >= 4 is 0 Å². The van der Waals surface area contributed by atoms with Gasteiger partial charge in [0.2, 0.25) is 0 Å². The molecule has 1 heterocycles. The van der Waals surface area contributed by atoms with Gasteiger partial charge in [-0.1, -0.05) is 18.2 Å². The Kier molecular flexibility index (Phi) is 3.65. The van der Waals surface area contributed by atoms with Crippen LogP contribution in [-0.2, 0) is 6.54 Å². The monoisotopic (exact) mass is 239 g/mol. The Balaban J connectivity index is 2.01. The van der Waals surface area contributed by atoms with E-state index in [0.29, 0.717) is 0 Å². The number of rotatable bonds is 2. The van der Waals surface area contributed by atoms with Gasteiger partial charge in [0, 0.05) is 6.54 Å². The first-order valence-corrected chi connectivity index (χ1v) is 6.28. The molecule has 0 bridgehead atoms. The lowest BCUT2D eigenvalue weighted by atomic mass is 9.82. The Bertz CT molecular complexity index is 499. The van der Waals surface area contributed by atoms with E-state index in [0.717, 1.165) is 43.6 Å². The van der Waals surface area contributed by atoms with Crippen LogP contribution in [0.25, 0.3) is 0 Å². The molecule has 92 valence electrons. The Morgan fingerprint density at radius 1 is 1.22 bits per heavy atom. The first-order chi connectivity index (χ1) is 8.67. The fraction of sp³-hybridized carbons (Fsp3) is 0.467. The van der Waals surface area contributed by atoms with Gasteiger partial charge in [-0.15, -0.1) is 0 Å². The van der Waals surface area contributed by atoms with Crippen LogP contribution in [0.3, 0.4) is 0 Å². The van der Waals surface area contributed by atoms with Crippen LogP contribution in [0.4, 0.5) is 0 Å². The minimum atomic E-state index is -0.161. The fourth-order valence-electron chi connectivity index (χ4n) is 2.32. The quantitative estimate of drug-likeness (QED) is 0.797. The van der Waals surface area contributed by atoms with Crippen molar-refractivity contribution in [1.82, 2.24) is 4.90 Å². The summed E-state index contributed by atoms with van der Waals surface area (Å²) in [5.41, 5.74) is 1.68. The standard InChI is InChI=1S/C15H17N3/c1-15(12-17)6-8-18(9-7-15)11-14-5-3-2-4-13(14)10-16/h2-5H,6-9,11H2,1H3. The van der Waals surface area contributed by atoms with Crippen molar-refractivity contribution in [3.05, 3.63) is 35.4 Å². The summed E-state index contributed by atoms with van der Waals surface area (Å²) >= 11 is 0. The highest BCUT2D eigenvalue weighted by molar-refractivity contribution is 5.37. The maximum absolute atomic E-state index is 9.10. The number of hydrogen-bond donors (Lipinski definition) is 0. The number of hydrogen-bond acceptors (Lipinski definition) is 3. The van der Waals surface area contributed by atoms with Crippen LogP contribution in [-0.4, -0.2) is 18.0 Å². The minimum absolute atomic E-state index is 0.161. The molecule has 1 aromatic rings. The molecule has 0 amide bonds. The molecule has 3 nitrogen and oxygen atoms in total. The number of likely N-dealkylation sites (tertiary alicyclic amines) is 1. The molecule has 0 unspecified atom stereocenters. The lowest BCUT2D eigenvalue weighted by Crippen LogP contribution is -2.37. The van der Waals surface area contributed by atoms with Gasteiger partial charge in [-0.3, -0.25) is 4.90 Å². The van der Waals surface area contributed by atoms with Gasteiger partial charge in [0.25, 0.3) is 0 Å². The SMILES string of the molecule is CC1(C#N)CCN(Cc2ccccc2C#N)CC1. The molecule has 1 aliphatic heterocycles. The molecule has 18 heavy (non-hydrogen) atoms. The maximum atomic E-state index is 9.10. The predicted molar refractivity (Wildman–Crippen MR) is 69.4 cm³/mol. The molecular weight excluding hydrogens is 222 g/mol. The maximum Gasteiger partial charge on any atom is 0.0995 e. The van der Waals surface area contributed by atoms with Crippen LogP contribution in [0, 0.1) is 28.1 Å². The molecule has 1 fully saturated rings. The molecule has 0 atom stereocenters. The smallest absolute Gasteiger partial charge is 0.0995 e. The summed E-state index contributed by atoms with van der Waals surface area (Å²) in [6.45, 7) is 4.71. The van der Waals surface area contributed by atoms with Gasteiger partial charge in [-0.25, -0.2) is 0 Å². The molecule has 1 aromatic carbocycles. The summed E-state index contributed by atoms with van der Waals surface area (Å²) in [6, 6.07) is 12.4. The second-order valence-electron chi connectivity index (χ2n) is 5.22. The Morgan fingerprint density at radius 3 is 2.50 bits per heavy atom. The van der Waals surface area contributed by atoms with E-state index < -0.39 is 0 Å². The van der Waals surface area contributed by atoms with E-state index in [2.05, 4.69) is 17.0 Å². The van der Waals surface area contributed by atoms with E-state index in [1.54, 1.807) is 0 Å². The van der Waals surface area contributed by atoms with Crippen LogP contribution in [0.5, 0.6) is 0 Å². The van der Waals surface area contributed by atoms with Gasteiger partial charge in [-0.2, -0.15) is 10.5 Å². The van der Waals surface area contributed by atoms with Gasteiger partial charge in [0.1, 0.15) is 0 Å². The normalized spacial score (nSPS) is 18.8. The highest BCUT2D eigenvalue weighted by atomic mass is 15.1. The molecule has 1 aliphatic rings. The highest BCUT2D eigenvalue weighted by Crippen LogP contribution is 2.30. The Labute approximate surface area is 108 Å². The first kappa shape index (κ1) is 12.6. The summed E-state index contributed by atoms with van der Waals surface area (Å²) in [6.07, 6.45) is 1.83. The molecule has 0 aliphatic carbocycles. The zero-order valence-corrected chi connectivity index (χ0v) is 10.7. The second kappa shape index (κ2) is 5.21. The summed E-state index contributed by atoms with van der Waals surface area (Å²) in [7, 11) is 0. The van der Waals surface area contributed by atoms with Crippen molar-refractivity contribution in [2.75, 3.05) is 13.1 Å². The lowest BCUT2D eigenvalue weighted by molar-refractivity contribution is 0.150. The van der Waals surface area contributed by atoms with Gasteiger partial charge in [0.15, 0.2) is 0 Å². The number of piperidine rings is 1. The molecule has 0 N–H and O–H groups in total. The second-order valence-corrected chi connectivity index (χ2v) is 5.22. The lowest BCUT2D eigenvalue weighted by Gasteiger charge is -2.35. The van der Waals surface area contributed by atoms with E-state index >= 15 is 0 Å². The van der Waals surface area contributed by atoms with Crippen LogP contribution >= 0.6 is 0 Å². The number of nitrogens with zero attached hydrogens (tertiary/aromatic N) is 3. The minimum Gasteiger partial charge on any atom is -0.299 e. The summed E-state index contributed by atoms with van der Waals surface area (Å²) in [4.78, 5) is 2.33. The third kappa shape index (κ3) is 2.70. The summed E-state index contributed by atoms with van der Waals surface area (Å²) in [5, 5.41) is 18.2. The molecule has 2 rings (SSSR count). The van der Waals surface area contributed by atoms with E-state index in [1.165, 1.54) is 0 Å². The zero-order valence-electron chi connectivity index (χ0n) is 10.7. The summed E-state index contributed by atoms with van der Waals surface area (Å²) < 4.78 is 0. The third-order valence-electron chi connectivity index (χ3n) is 3.76. The molecule has 0 radical (unpaired) electrons. The van der Waals surface area contributed by atoms with Crippen molar-refractivity contribution in [3.8, 4) is 12.1 Å². The number of benzene rings is 1.